The minimum Gasteiger partial charge on any atom is -0.298 e. The Hall–Kier alpha value is -1.39. The van der Waals surface area contributed by atoms with Gasteiger partial charge in [-0.05, 0) is 18.6 Å². The van der Waals surface area contributed by atoms with Gasteiger partial charge in [0.2, 0.25) is 0 Å². The lowest BCUT2D eigenvalue weighted by atomic mass is 10.2. The number of halogens is 3. The van der Waals surface area contributed by atoms with Crippen molar-refractivity contribution in [3.63, 3.8) is 0 Å². The molecule has 0 N–H and O–H groups in total. The van der Waals surface area contributed by atoms with E-state index in [1.54, 1.807) is 6.07 Å². The van der Waals surface area contributed by atoms with Gasteiger partial charge in [0.1, 0.15) is 11.0 Å². The lowest BCUT2D eigenvalue weighted by Gasteiger charge is -2.03. The molecule has 0 atom stereocenters. The van der Waals surface area contributed by atoms with Gasteiger partial charge < -0.3 is 0 Å². The van der Waals surface area contributed by atoms with Crippen LogP contribution in [0.3, 0.4) is 0 Å². The van der Waals surface area contributed by atoms with Crippen LogP contribution in [0.2, 0.25) is 10.2 Å². The van der Waals surface area contributed by atoms with Crippen LogP contribution in [0.1, 0.15) is 23.0 Å². The molecule has 2 aromatic rings. The van der Waals surface area contributed by atoms with E-state index < -0.39 is 5.82 Å². The number of aryl methyl sites for hydroxylation is 1. The summed E-state index contributed by atoms with van der Waals surface area (Å²) in [6.07, 6.45) is 1.22. The Morgan fingerprint density at radius 3 is 2.67 bits per heavy atom. The Kier molecular flexibility index (Phi) is 3.68. The highest BCUT2D eigenvalue weighted by atomic mass is 35.5. The van der Waals surface area contributed by atoms with Crippen LogP contribution in [-0.2, 0) is 6.42 Å². The van der Waals surface area contributed by atoms with E-state index in [1.807, 2.05) is 6.92 Å². The first-order valence-electron chi connectivity index (χ1n) is 5.26. The summed E-state index contributed by atoms with van der Waals surface area (Å²) in [5, 5.41) is 4.38. The number of carbonyl (C=O) groups excluding carboxylic acids is 1. The van der Waals surface area contributed by atoms with Gasteiger partial charge in [-0.3, -0.25) is 4.79 Å². The molecule has 0 amide bonds. The third kappa shape index (κ3) is 2.13. The molecule has 1 heterocycles. The molecule has 0 unspecified atom stereocenters. The predicted octanol–water partition coefficient (Wildman–Crippen LogP) is 3.69. The van der Waals surface area contributed by atoms with Crippen molar-refractivity contribution in [2.75, 3.05) is 0 Å². The molecule has 1 aromatic heterocycles. The van der Waals surface area contributed by atoms with Crippen LogP contribution < -0.4 is 0 Å². The first kappa shape index (κ1) is 13.1. The van der Waals surface area contributed by atoms with E-state index in [-0.39, 0.29) is 10.2 Å². The summed E-state index contributed by atoms with van der Waals surface area (Å²) in [4.78, 5) is 10.9. The molecule has 0 aliphatic heterocycles. The van der Waals surface area contributed by atoms with Gasteiger partial charge in [0.15, 0.2) is 6.29 Å². The van der Waals surface area contributed by atoms with Crippen LogP contribution in [0.25, 0.3) is 5.69 Å². The molecule has 6 heteroatoms. The number of hydrogen-bond acceptors (Lipinski definition) is 2. The van der Waals surface area contributed by atoms with E-state index in [9.17, 15) is 9.18 Å². The van der Waals surface area contributed by atoms with E-state index in [4.69, 9.17) is 23.2 Å². The highest BCUT2D eigenvalue weighted by Gasteiger charge is 2.16. The number of aromatic nitrogens is 2. The van der Waals surface area contributed by atoms with E-state index in [0.29, 0.717) is 29.7 Å². The predicted molar refractivity (Wildman–Crippen MR) is 68.3 cm³/mol. The maximum Gasteiger partial charge on any atom is 0.155 e. The monoisotopic (exact) mass is 286 g/mol. The molecule has 0 spiro atoms. The van der Waals surface area contributed by atoms with Crippen LogP contribution >= 0.6 is 23.2 Å². The average Bonchev–Trinajstić information content (AvgIpc) is 2.69. The highest BCUT2D eigenvalue weighted by molar-refractivity contribution is 6.32. The maximum atomic E-state index is 13.4. The Bertz CT molecular complexity index is 610. The largest absolute Gasteiger partial charge is 0.298 e. The average molecular weight is 287 g/mol. The zero-order valence-corrected chi connectivity index (χ0v) is 11.0. The van der Waals surface area contributed by atoms with Crippen molar-refractivity contribution in [3.05, 3.63) is 45.4 Å². The summed E-state index contributed by atoms with van der Waals surface area (Å²) in [6, 6.07) is 4.21. The number of hydrogen-bond donors (Lipinski definition) is 0. The zero-order chi connectivity index (χ0) is 13.3. The van der Waals surface area contributed by atoms with Gasteiger partial charge in [-0.25, -0.2) is 9.07 Å². The third-order valence-corrected chi connectivity index (χ3v) is 3.21. The van der Waals surface area contributed by atoms with Crippen molar-refractivity contribution in [2.45, 2.75) is 13.3 Å². The molecule has 3 nitrogen and oxygen atoms in total. The van der Waals surface area contributed by atoms with E-state index >= 15 is 0 Å². The molecule has 0 bridgehead atoms. The van der Waals surface area contributed by atoms with Gasteiger partial charge >= 0.3 is 0 Å². The molecule has 94 valence electrons. The highest BCUT2D eigenvalue weighted by Crippen LogP contribution is 2.25. The van der Waals surface area contributed by atoms with Crippen molar-refractivity contribution < 1.29 is 9.18 Å². The maximum absolute atomic E-state index is 13.4. The summed E-state index contributed by atoms with van der Waals surface area (Å²) in [5.41, 5.74) is 1.32. The first-order chi connectivity index (χ1) is 8.58. The van der Waals surface area contributed by atoms with Crippen molar-refractivity contribution >= 4 is 29.5 Å². The van der Waals surface area contributed by atoms with E-state index in [0.717, 1.165) is 0 Å². The molecule has 0 aliphatic rings. The van der Waals surface area contributed by atoms with Gasteiger partial charge in [-0.1, -0.05) is 30.1 Å². The third-order valence-electron chi connectivity index (χ3n) is 2.54. The fourth-order valence-corrected chi connectivity index (χ4v) is 2.02. The lowest BCUT2D eigenvalue weighted by Crippen LogP contribution is -1.98. The quantitative estimate of drug-likeness (QED) is 0.807. The second-order valence-corrected chi connectivity index (χ2v) is 4.40. The molecule has 0 aliphatic carbocycles. The lowest BCUT2D eigenvalue weighted by molar-refractivity contribution is 0.112. The second kappa shape index (κ2) is 5.08. The second-order valence-electron chi connectivity index (χ2n) is 3.63. The van der Waals surface area contributed by atoms with Crippen LogP contribution in [-0.4, -0.2) is 16.1 Å². The first-order valence-corrected chi connectivity index (χ1v) is 6.02. The molecule has 0 radical (unpaired) electrons. The number of benzene rings is 1. The van der Waals surface area contributed by atoms with Gasteiger partial charge in [0.25, 0.3) is 0 Å². The van der Waals surface area contributed by atoms with Crippen molar-refractivity contribution in [1.82, 2.24) is 9.78 Å². The fraction of sp³-hybridized carbons (Fsp3) is 0.167. The number of aldehydes is 1. The van der Waals surface area contributed by atoms with E-state index in [2.05, 4.69) is 5.10 Å². The SMILES string of the molecule is CCc1nn(-c2ccc(Cl)c(F)c2)c(Cl)c1C=O. The Morgan fingerprint density at radius 1 is 1.44 bits per heavy atom. The fourth-order valence-electron chi connectivity index (χ4n) is 1.62. The summed E-state index contributed by atoms with van der Waals surface area (Å²) in [5.74, 6) is -0.563. The number of nitrogens with zero attached hydrogens (tertiary/aromatic N) is 2. The molecule has 0 saturated carbocycles. The molecule has 0 saturated heterocycles. The molecule has 0 fully saturated rings. The summed E-state index contributed by atoms with van der Waals surface area (Å²) >= 11 is 11.7. The van der Waals surface area contributed by atoms with Gasteiger partial charge in [0.05, 0.1) is 22.0 Å². The van der Waals surface area contributed by atoms with Crippen molar-refractivity contribution in [1.29, 1.82) is 0 Å². The molecule has 1 aromatic carbocycles. The normalized spacial score (nSPS) is 10.7. The smallest absolute Gasteiger partial charge is 0.155 e. The number of rotatable bonds is 3. The van der Waals surface area contributed by atoms with Gasteiger partial charge in [0, 0.05) is 6.07 Å². The Morgan fingerprint density at radius 2 is 2.17 bits per heavy atom. The Balaban J connectivity index is 2.60. The van der Waals surface area contributed by atoms with Gasteiger partial charge in [-0.15, -0.1) is 0 Å². The van der Waals surface area contributed by atoms with Crippen molar-refractivity contribution in [2.24, 2.45) is 0 Å². The van der Waals surface area contributed by atoms with E-state index in [1.165, 1.54) is 16.8 Å². The summed E-state index contributed by atoms with van der Waals surface area (Å²) in [6.45, 7) is 1.86. The molecule has 18 heavy (non-hydrogen) atoms. The summed E-state index contributed by atoms with van der Waals surface area (Å²) < 4.78 is 14.7. The van der Waals surface area contributed by atoms with Crippen molar-refractivity contribution in [3.8, 4) is 5.69 Å². The number of carbonyl (C=O) groups is 1. The minimum atomic E-state index is -0.563. The van der Waals surface area contributed by atoms with Crippen LogP contribution in [0, 0.1) is 5.82 Å². The molecular formula is C12H9Cl2FN2O. The van der Waals surface area contributed by atoms with Crippen LogP contribution in [0.4, 0.5) is 4.39 Å². The zero-order valence-electron chi connectivity index (χ0n) is 9.45. The minimum absolute atomic E-state index is 0.0216. The Labute approximate surface area is 113 Å². The topological polar surface area (TPSA) is 34.9 Å². The molecule has 2 rings (SSSR count). The van der Waals surface area contributed by atoms with Crippen LogP contribution in [0.15, 0.2) is 18.2 Å². The van der Waals surface area contributed by atoms with Crippen LogP contribution in [0.5, 0.6) is 0 Å². The summed E-state index contributed by atoms with van der Waals surface area (Å²) in [7, 11) is 0. The van der Waals surface area contributed by atoms with Gasteiger partial charge in [-0.2, -0.15) is 5.10 Å². The standard InChI is InChI=1S/C12H9Cl2FN2O/c1-2-11-8(6-18)12(14)17(16-11)7-3-4-9(13)10(15)5-7/h3-6H,2H2,1H3. The molecular weight excluding hydrogens is 278 g/mol.